The molecule has 1 aliphatic rings. The molecule has 0 N–H and O–H groups in total. The lowest BCUT2D eigenvalue weighted by molar-refractivity contribution is 0.0600. The van der Waals surface area contributed by atoms with Crippen molar-refractivity contribution in [2.45, 2.75) is 19.4 Å². The average Bonchev–Trinajstić information content (AvgIpc) is 2.26. The highest BCUT2D eigenvalue weighted by molar-refractivity contribution is 6.17. The average molecular weight is 235 g/mol. The first kappa shape index (κ1) is 13.2. The highest BCUT2D eigenvalue weighted by Gasteiger charge is 2.22. The van der Waals surface area contributed by atoms with Crippen molar-refractivity contribution in [3.63, 3.8) is 0 Å². The molecule has 0 aromatic heterocycles. The van der Waals surface area contributed by atoms with Crippen LogP contribution >= 0.6 is 11.6 Å². The maximum atomic E-state index is 5.54. The zero-order chi connectivity index (χ0) is 11.1. The third-order valence-corrected chi connectivity index (χ3v) is 3.26. The van der Waals surface area contributed by atoms with E-state index in [1.165, 1.54) is 19.5 Å². The summed E-state index contributed by atoms with van der Waals surface area (Å²) in [5, 5.41) is 0. The molecular formula is C11H23ClN2O. The third kappa shape index (κ3) is 4.68. The zero-order valence-corrected chi connectivity index (χ0v) is 10.7. The lowest BCUT2D eigenvalue weighted by atomic mass is 10.1. The van der Waals surface area contributed by atoms with Crippen LogP contribution in [0.1, 0.15) is 13.3 Å². The second-order valence-electron chi connectivity index (χ2n) is 4.14. The van der Waals surface area contributed by atoms with Gasteiger partial charge in [0.15, 0.2) is 0 Å². The van der Waals surface area contributed by atoms with Gasteiger partial charge in [-0.15, -0.1) is 11.6 Å². The number of rotatable bonds is 6. The molecule has 0 saturated carbocycles. The van der Waals surface area contributed by atoms with Crippen LogP contribution in [0.5, 0.6) is 0 Å². The van der Waals surface area contributed by atoms with Gasteiger partial charge in [-0.1, -0.05) is 6.92 Å². The Hall–Kier alpha value is 0.170. The minimum atomic E-state index is 0.598. The minimum Gasteiger partial charge on any atom is -0.379 e. The number of hydrogen-bond acceptors (Lipinski definition) is 3. The fourth-order valence-corrected chi connectivity index (χ4v) is 2.11. The first-order valence-corrected chi connectivity index (χ1v) is 6.37. The Kier molecular flexibility index (Phi) is 6.57. The van der Waals surface area contributed by atoms with E-state index in [1.807, 2.05) is 0 Å². The summed E-state index contributed by atoms with van der Waals surface area (Å²) in [5.74, 6) is 0.598. The molecule has 1 atom stereocenters. The fraction of sp³-hybridized carbons (Fsp3) is 1.00. The molecule has 0 bridgehead atoms. The summed E-state index contributed by atoms with van der Waals surface area (Å²) in [6.07, 6.45) is 1.23. The molecular weight excluding hydrogens is 212 g/mol. The number of hydrogen-bond donors (Lipinski definition) is 0. The number of alkyl halides is 1. The SMILES string of the molecule is CCC1CN(CCOCCCl)CCN1C. The lowest BCUT2D eigenvalue weighted by Gasteiger charge is -2.39. The van der Waals surface area contributed by atoms with Gasteiger partial charge in [-0.3, -0.25) is 4.90 Å². The fourth-order valence-electron chi connectivity index (χ4n) is 2.00. The molecule has 1 fully saturated rings. The number of ether oxygens (including phenoxy) is 1. The van der Waals surface area contributed by atoms with Gasteiger partial charge in [-0.25, -0.2) is 0 Å². The summed E-state index contributed by atoms with van der Waals surface area (Å²) in [7, 11) is 2.22. The van der Waals surface area contributed by atoms with Crippen molar-refractivity contribution in [1.82, 2.24) is 9.80 Å². The highest BCUT2D eigenvalue weighted by Crippen LogP contribution is 2.09. The van der Waals surface area contributed by atoms with Gasteiger partial charge in [-0.05, 0) is 13.5 Å². The second-order valence-corrected chi connectivity index (χ2v) is 4.52. The van der Waals surface area contributed by atoms with Gasteiger partial charge in [0, 0.05) is 38.1 Å². The third-order valence-electron chi connectivity index (χ3n) is 3.11. The normalized spacial score (nSPS) is 24.6. The summed E-state index contributed by atoms with van der Waals surface area (Å²) in [5.41, 5.74) is 0. The van der Waals surface area contributed by atoms with Crippen LogP contribution in [0.2, 0.25) is 0 Å². The van der Waals surface area contributed by atoms with Crippen molar-refractivity contribution in [2.24, 2.45) is 0 Å². The monoisotopic (exact) mass is 234 g/mol. The number of halogens is 1. The molecule has 90 valence electrons. The summed E-state index contributed by atoms with van der Waals surface area (Å²) in [6.45, 7) is 8.30. The van der Waals surface area contributed by atoms with E-state index in [2.05, 4.69) is 23.8 Å². The van der Waals surface area contributed by atoms with Gasteiger partial charge in [0.2, 0.25) is 0 Å². The van der Waals surface area contributed by atoms with Crippen molar-refractivity contribution >= 4 is 11.6 Å². The summed E-state index contributed by atoms with van der Waals surface area (Å²) < 4.78 is 5.39. The molecule has 0 radical (unpaired) electrons. The Morgan fingerprint density at radius 2 is 2.13 bits per heavy atom. The van der Waals surface area contributed by atoms with Gasteiger partial charge in [0.05, 0.1) is 13.2 Å². The van der Waals surface area contributed by atoms with E-state index in [-0.39, 0.29) is 0 Å². The first-order valence-electron chi connectivity index (χ1n) is 5.84. The van der Waals surface area contributed by atoms with Crippen LogP contribution < -0.4 is 0 Å². The van der Waals surface area contributed by atoms with Crippen LogP contribution in [0.3, 0.4) is 0 Å². The maximum absolute atomic E-state index is 5.54. The van der Waals surface area contributed by atoms with E-state index in [1.54, 1.807) is 0 Å². The van der Waals surface area contributed by atoms with E-state index >= 15 is 0 Å². The molecule has 0 spiro atoms. The Labute approximate surface area is 98.3 Å². The zero-order valence-electron chi connectivity index (χ0n) is 9.91. The quantitative estimate of drug-likeness (QED) is 0.509. The van der Waals surface area contributed by atoms with E-state index in [4.69, 9.17) is 16.3 Å². The van der Waals surface area contributed by atoms with Crippen LogP contribution in [0, 0.1) is 0 Å². The van der Waals surface area contributed by atoms with Crippen LogP contribution in [-0.4, -0.2) is 68.2 Å². The Bertz CT molecular complexity index is 169. The van der Waals surface area contributed by atoms with E-state index in [9.17, 15) is 0 Å². The molecule has 1 aliphatic heterocycles. The molecule has 15 heavy (non-hydrogen) atoms. The van der Waals surface area contributed by atoms with Crippen LogP contribution in [0.25, 0.3) is 0 Å². The van der Waals surface area contributed by atoms with Gasteiger partial charge in [0.25, 0.3) is 0 Å². The Morgan fingerprint density at radius 3 is 2.80 bits per heavy atom. The number of piperazine rings is 1. The second kappa shape index (κ2) is 7.44. The van der Waals surface area contributed by atoms with E-state index in [0.717, 1.165) is 19.7 Å². The summed E-state index contributed by atoms with van der Waals surface area (Å²) in [4.78, 5) is 4.94. The van der Waals surface area contributed by atoms with Crippen molar-refractivity contribution in [1.29, 1.82) is 0 Å². The van der Waals surface area contributed by atoms with Crippen LogP contribution in [-0.2, 0) is 4.74 Å². The van der Waals surface area contributed by atoms with E-state index in [0.29, 0.717) is 18.5 Å². The lowest BCUT2D eigenvalue weighted by Crippen LogP contribution is -2.51. The Balaban J connectivity index is 2.14. The smallest absolute Gasteiger partial charge is 0.0602 e. The molecule has 3 nitrogen and oxygen atoms in total. The summed E-state index contributed by atoms with van der Waals surface area (Å²) >= 11 is 5.54. The summed E-state index contributed by atoms with van der Waals surface area (Å²) in [6, 6.07) is 0.715. The predicted molar refractivity (Wildman–Crippen MR) is 64.7 cm³/mol. The largest absolute Gasteiger partial charge is 0.379 e. The first-order chi connectivity index (χ1) is 7.27. The molecule has 0 aromatic rings. The minimum absolute atomic E-state index is 0.598. The molecule has 1 saturated heterocycles. The molecule has 0 aromatic carbocycles. The van der Waals surface area contributed by atoms with Gasteiger partial charge >= 0.3 is 0 Å². The van der Waals surface area contributed by atoms with Crippen molar-refractivity contribution in [3.8, 4) is 0 Å². The number of likely N-dealkylation sites (N-methyl/N-ethyl adjacent to an activating group) is 1. The molecule has 1 rings (SSSR count). The molecule has 4 heteroatoms. The molecule has 1 heterocycles. The van der Waals surface area contributed by atoms with Gasteiger partial charge in [0.1, 0.15) is 0 Å². The number of nitrogens with zero attached hydrogens (tertiary/aromatic N) is 2. The van der Waals surface area contributed by atoms with Crippen LogP contribution in [0.15, 0.2) is 0 Å². The van der Waals surface area contributed by atoms with Crippen molar-refractivity contribution in [3.05, 3.63) is 0 Å². The van der Waals surface area contributed by atoms with Gasteiger partial charge in [-0.2, -0.15) is 0 Å². The van der Waals surface area contributed by atoms with Gasteiger partial charge < -0.3 is 9.64 Å². The standard InChI is InChI=1S/C11H23ClN2O/c1-3-11-10-14(6-5-13(11)2)7-9-15-8-4-12/h11H,3-10H2,1-2H3. The molecule has 0 aliphatic carbocycles. The molecule has 1 unspecified atom stereocenters. The molecule has 0 amide bonds. The maximum Gasteiger partial charge on any atom is 0.0602 e. The van der Waals surface area contributed by atoms with Crippen molar-refractivity contribution < 1.29 is 4.74 Å². The van der Waals surface area contributed by atoms with E-state index < -0.39 is 0 Å². The predicted octanol–water partition coefficient (Wildman–Crippen LogP) is 1.27. The topological polar surface area (TPSA) is 15.7 Å². The Morgan fingerprint density at radius 1 is 1.33 bits per heavy atom. The van der Waals surface area contributed by atoms with Crippen molar-refractivity contribution in [2.75, 3.05) is 52.3 Å². The highest BCUT2D eigenvalue weighted by atomic mass is 35.5. The van der Waals surface area contributed by atoms with Crippen LogP contribution in [0.4, 0.5) is 0 Å².